The van der Waals surface area contributed by atoms with Crippen LogP contribution in [0.25, 0.3) is 0 Å². The Morgan fingerprint density at radius 1 is 1.19 bits per heavy atom. The summed E-state index contributed by atoms with van der Waals surface area (Å²) in [5.74, 6) is 0.963. The molecule has 2 aliphatic rings. The monoisotopic (exact) mass is 352 g/mol. The van der Waals surface area contributed by atoms with Crippen LogP contribution in [0.3, 0.4) is 0 Å². The summed E-state index contributed by atoms with van der Waals surface area (Å²) in [6.45, 7) is 1.20. The maximum Gasteiger partial charge on any atom is 0.261 e. The number of hydrogen-bond acceptors (Lipinski definition) is 3. The highest BCUT2D eigenvalue weighted by molar-refractivity contribution is 5.94. The van der Waals surface area contributed by atoms with E-state index < -0.39 is 0 Å². The molecule has 2 aromatic rings. The van der Waals surface area contributed by atoms with Crippen molar-refractivity contribution in [3.63, 3.8) is 0 Å². The molecule has 136 valence electrons. The van der Waals surface area contributed by atoms with Gasteiger partial charge in [-0.25, -0.2) is 0 Å². The summed E-state index contributed by atoms with van der Waals surface area (Å²) in [4.78, 5) is 27.7. The summed E-state index contributed by atoms with van der Waals surface area (Å²) in [7, 11) is 0. The first-order valence-electron chi connectivity index (χ1n) is 9.44. The second-order valence-electron chi connectivity index (χ2n) is 7.25. The van der Waals surface area contributed by atoms with Crippen LogP contribution in [-0.2, 0) is 19.3 Å². The lowest BCUT2D eigenvalue weighted by atomic mass is 9.94. The maximum atomic E-state index is 12.6. The third-order valence-electron chi connectivity index (χ3n) is 5.40. The van der Waals surface area contributed by atoms with Crippen molar-refractivity contribution < 1.29 is 9.53 Å². The number of benzene rings is 1. The zero-order valence-corrected chi connectivity index (χ0v) is 14.8. The van der Waals surface area contributed by atoms with Gasteiger partial charge in [-0.2, -0.15) is 0 Å². The zero-order valence-electron chi connectivity index (χ0n) is 14.8. The Kier molecular flexibility index (Phi) is 4.78. The van der Waals surface area contributed by atoms with E-state index in [2.05, 4.69) is 16.4 Å². The van der Waals surface area contributed by atoms with E-state index in [-0.39, 0.29) is 17.0 Å². The Bertz CT molecular complexity index is 872. The largest absolute Gasteiger partial charge is 0.493 e. The van der Waals surface area contributed by atoms with Gasteiger partial charge in [-0.05, 0) is 67.7 Å². The number of aromatic amines is 1. The highest BCUT2D eigenvalue weighted by atomic mass is 16.5. The molecule has 0 bridgehead atoms. The molecule has 5 heteroatoms. The lowest BCUT2D eigenvalue weighted by molar-refractivity contribution is 0.0943. The summed E-state index contributed by atoms with van der Waals surface area (Å²) in [6.07, 6.45) is 5.80. The number of pyridine rings is 1. The molecule has 0 fully saturated rings. The number of carbonyl (C=O) groups excluding carboxylic acids is 1. The van der Waals surface area contributed by atoms with Crippen molar-refractivity contribution in [1.82, 2.24) is 10.3 Å². The molecule has 1 aromatic carbocycles. The molecule has 1 atom stereocenters. The Labute approximate surface area is 152 Å². The van der Waals surface area contributed by atoms with Crippen LogP contribution in [0, 0.1) is 5.92 Å². The van der Waals surface area contributed by atoms with Gasteiger partial charge in [0.25, 0.3) is 11.5 Å². The van der Waals surface area contributed by atoms with Crippen LogP contribution in [0.15, 0.2) is 35.1 Å². The molecule has 1 aliphatic carbocycles. The summed E-state index contributed by atoms with van der Waals surface area (Å²) >= 11 is 0. The molecule has 5 nitrogen and oxygen atoms in total. The lowest BCUT2D eigenvalue weighted by Gasteiger charge is -2.17. The van der Waals surface area contributed by atoms with E-state index in [4.69, 9.17) is 4.74 Å². The summed E-state index contributed by atoms with van der Waals surface area (Å²) in [6, 6.07) is 9.83. The molecule has 0 radical (unpaired) electrons. The number of ether oxygens (including phenoxy) is 1. The molecule has 2 heterocycles. The van der Waals surface area contributed by atoms with Gasteiger partial charge in [-0.3, -0.25) is 9.59 Å². The van der Waals surface area contributed by atoms with Crippen molar-refractivity contribution in [3.8, 4) is 5.75 Å². The Morgan fingerprint density at radius 2 is 2.04 bits per heavy atom. The van der Waals surface area contributed by atoms with Gasteiger partial charge >= 0.3 is 0 Å². The third kappa shape index (κ3) is 3.52. The maximum absolute atomic E-state index is 12.6. The number of hydrogen-bond donors (Lipinski definition) is 2. The number of aromatic nitrogens is 1. The molecule has 0 spiro atoms. The second-order valence-corrected chi connectivity index (χ2v) is 7.25. The molecule has 0 unspecified atom stereocenters. The number of aryl methyl sites for hydroxylation is 2. The fraction of sp³-hybridized carbons (Fsp3) is 0.429. The quantitative estimate of drug-likeness (QED) is 0.892. The van der Waals surface area contributed by atoms with Crippen molar-refractivity contribution in [2.45, 2.75) is 38.5 Å². The minimum Gasteiger partial charge on any atom is -0.493 e. The average Bonchev–Trinajstić information content (AvgIpc) is 2.87. The molecule has 1 aromatic heterocycles. The fourth-order valence-electron chi connectivity index (χ4n) is 3.91. The van der Waals surface area contributed by atoms with Crippen molar-refractivity contribution in [2.24, 2.45) is 5.92 Å². The lowest BCUT2D eigenvalue weighted by Crippen LogP contribution is -2.34. The number of rotatable bonds is 3. The van der Waals surface area contributed by atoms with Crippen LogP contribution in [-0.4, -0.2) is 24.0 Å². The fourth-order valence-corrected chi connectivity index (χ4v) is 3.91. The van der Waals surface area contributed by atoms with Crippen molar-refractivity contribution in [1.29, 1.82) is 0 Å². The van der Waals surface area contributed by atoms with Crippen LogP contribution >= 0.6 is 0 Å². The summed E-state index contributed by atoms with van der Waals surface area (Å²) in [5.41, 5.74) is 3.23. The van der Waals surface area contributed by atoms with Gasteiger partial charge in [-0.1, -0.05) is 18.2 Å². The van der Waals surface area contributed by atoms with Gasteiger partial charge in [0.05, 0.1) is 6.61 Å². The van der Waals surface area contributed by atoms with Gasteiger partial charge in [-0.15, -0.1) is 0 Å². The number of para-hydroxylation sites is 1. The van der Waals surface area contributed by atoms with Gasteiger partial charge in [0.2, 0.25) is 0 Å². The summed E-state index contributed by atoms with van der Waals surface area (Å²) in [5, 5.41) is 2.96. The predicted molar refractivity (Wildman–Crippen MR) is 99.8 cm³/mol. The van der Waals surface area contributed by atoms with Crippen LogP contribution in [0.1, 0.15) is 46.4 Å². The molecule has 2 N–H and O–H groups in total. The van der Waals surface area contributed by atoms with Crippen molar-refractivity contribution in [3.05, 3.63) is 63.1 Å². The molecule has 0 saturated carbocycles. The summed E-state index contributed by atoms with van der Waals surface area (Å²) < 4.78 is 5.78. The van der Waals surface area contributed by atoms with Crippen LogP contribution < -0.4 is 15.6 Å². The molecule has 1 aliphatic heterocycles. The topological polar surface area (TPSA) is 71.2 Å². The zero-order chi connectivity index (χ0) is 17.9. The van der Waals surface area contributed by atoms with Crippen LogP contribution in [0.4, 0.5) is 0 Å². The molecule has 26 heavy (non-hydrogen) atoms. The second kappa shape index (κ2) is 7.36. The first kappa shape index (κ1) is 16.9. The van der Waals surface area contributed by atoms with E-state index in [1.165, 1.54) is 5.56 Å². The van der Waals surface area contributed by atoms with E-state index in [0.717, 1.165) is 55.5 Å². The minimum absolute atomic E-state index is 0.232. The molecule has 4 rings (SSSR count). The van der Waals surface area contributed by atoms with E-state index in [0.29, 0.717) is 19.1 Å². The molecular weight excluding hydrogens is 328 g/mol. The first-order chi connectivity index (χ1) is 12.7. The van der Waals surface area contributed by atoms with Gasteiger partial charge in [0.15, 0.2) is 0 Å². The van der Waals surface area contributed by atoms with E-state index in [1.807, 2.05) is 18.2 Å². The van der Waals surface area contributed by atoms with E-state index in [1.54, 1.807) is 6.07 Å². The standard InChI is InChI=1S/C21H24N2O3/c24-20(17-12-15-5-1-3-7-18(15)23-21(17)25)22-13-14-9-10-26-19-8-4-2-6-16(19)11-14/h2,4,6,8,12,14H,1,3,5,7,9-11,13H2,(H,22,24)(H,23,25)/t14-/m0/s1. The Morgan fingerprint density at radius 3 is 2.96 bits per heavy atom. The van der Waals surface area contributed by atoms with Gasteiger partial charge in [0.1, 0.15) is 11.3 Å². The van der Waals surface area contributed by atoms with E-state index in [9.17, 15) is 9.59 Å². The minimum atomic E-state index is -0.280. The average molecular weight is 352 g/mol. The smallest absolute Gasteiger partial charge is 0.261 e. The highest BCUT2D eigenvalue weighted by Crippen LogP contribution is 2.26. The molecule has 1 amide bonds. The third-order valence-corrected chi connectivity index (χ3v) is 5.40. The number of amides is 1. The highest BCUT2D eigenvalue weighted by Gasteiger charge is 2.20. The van der Waals surface area contributed by atoms with Crippen LogP contribution in [0.2, 0.25) is 0 Å². The molecular formula is C21H24N2O3. The number of carbonyl (C=O) groups is 1. The number of nitrogens with one attached hydrogen (secondary N) is 2. The Balaban J connectivity index is 1.43. The number of H-pyrrole nitrogens is 1. The Hall–Kier alpha value is -2.56. The van der Waals surface area contributed by atoms with E-state index >= 15 is 0 Å². The van der Waals surface area contributed by atoms with Crippen molar-refractivity contribution >= 4 is 5.91 Å². The molecule has 0 saturated heterocycles. The predicted octanol–water partition coefficient (Wildman–Crippen LogP) is 2.62. The number of fused-ring (bicyclic) bond motifs is 2. The normalized spacial score (nSPS) is 18.8. The van der Waals surface area contributed by atoms with Crippen molar-refractivity contribution in [2.75, 3.05) is 13.2 Å². The van der Waals surface area contributed by atoms with Gasteiger partial charge in [0, 0.05) is 12.2 Å². The SMILES string of the molecule is O=C(NC[C@H]1CCOc2ccccc2C1)c1cc2c([nH]c1=O)CCCC2. The first-order valence-corrected chi connectivity index (χ1v) is 9.44. The van der Waals surface area contributed by atoms with Gasteiger partial charge < -0.3 is 15.0 Å². The van der Waals surface area contributed by atoms with Crippen LogP contribution in [0.5, 0.6) is 5.75 Å².